The van der Waals surface area contributed by atoms with Crippen LogP contribution in [0.4, 0.5) is 0 Å². The number of methoxy groups -OCH3 is 2. The van der Waals surface area contributed by atoms with Gasteiger partial charge in [0.2, 0.25) is 0 Å². The van der Waals surface area contributed by atoms with Gasteiger partial charge in [0.1, 0.15) is 5.69 Å². The van der Waals surface area contributed by atoms with Gasteiger partial charge in [-0.1, -0.05) is 0 Å². The zero-order chi connectivity index (χ0) is 15.5. The molecule has 1 aromatic rings. The Morgan fingerprint density at radius 3 is 2.71 bits per heavy atom. The van der Waals surface area contributed by atoms with E-state index in [4.69, 9.17) is 9.47 Å². The van der Waals surface area contributed by atoms with Crippen LogP contribution < -0.4 is 0 Å². The number of aromatic nitrogens is 2. The highest BCUT2D eigenvalue weighted by Crippen LogP contribution is 2.31. The number of carbonyl (C=O) groups excluding carboxylic acids is 2. The monoisotopic (exact) mass is 295 g/mol. The van der Waals surface area contributed by atoms with Crippen molar-refractivity contribution in [2.24, 2.45) is 7.05 Å². The number of rotatable bonds is 4. The van der Waals surface area contributed by atoms with Crippen molar-refractivity contribution in [1.82, 2.24) is 14.7 Å². The number of likely N-dealkylation sites (tertiary alicyclic amines) is 1. The lowest BCUT2D eigenvalue weighted by Crippen LogP contribution is -2.62. The van der Waals surface area contributed by atoms with Crippen molar-refractivity contribution < 1.29 is 19.1 Å². The summed E-state index contributed by atoms with van der Waals surface area (Å²) in [4.78, 5) is 26.6. The molecule has 7 nitrogen and oxygen atoms in total. The van der Waals surface area contributed by atoms with Crippen molar-refractivity contribution in [2.45, 2.75) is 24.8 Å². The molecule has 0 saturated carbocycles. The van der Waals surface area contributed by atoms with E-state index in [9.17, 15) is 9.59 Å². The van der Waals surface area contributed by atoms with Gasteiger partial charge >= 0.3 is 5.97 Å². The lowest BCUT2D eigenvalue weighted by molar-refractivity contribution is -0.159. The molecule has 0 radical (unpaired) electrons. The molecule has 2 rings (SSSR count). The molecule has 116 valence electrons. The summed E-state index contributed by atoms with van der Waals surface area (Å²) in [5.74, 6) is -0.703. The van der Waals surface area contributed by atoms with Crippen molar-refractivity contribution in [3.63, 3.8) is 0 Å². The van der Waals surface area contributed by atoms with Crippen molar-refractivity contribution in [1.29, 1.82) is 0 Å². The van der Waals surface area contributed by atoms with Crippen LogP contribution in [0.1, 0.15) is 29.8 Å². The Hall–Kier alpha value is -1.89. The molecule has 0 aliphatic carbocycles. The van der Waals surface area contributed by atoms with Crippen LogP contribution >= 0.6 is 0 Å². The SMILES string of the molecule is COCC1(C(=O)OC)CCCCN1C(=O)c1ccn(C)n1. The number of amides is 1. The number of hydrogen-bond donors (Lipinski definition) is 0. The highest BCUT2D eigenvalue weighted by atomic mass is 16.5. The molecule has 1 unspecified atom stereocenters. The van der Waals surface area contributed by atoms with Crippen molar-refractivity contribution >= 4 is 11.9 Å². The normalized spacial score (nSPS) is 22.1. The zero-order valence-electron chi connectivity index (χ0n) is 12.7. The Morgan fingerprint density at radius 1 is 1.38 bits per heavy atom. The summed E-state index contributed by atoms with van der Waals surface area (Å²) in [5, 5.41) is 4.13. The van der Waals surface area contributed by atoms with E-state index >= 15 is 0 Å². The summed E-state index contributed by atoms with van der Waals surface area (Å²) in [6.45, 7) is 0.617. The molecule has 1 aromatic heterocycles. The highest BCUT2D eigenvalue weighted by Gasteiger charge is 2.49. The van der Waals surface area contributed by atoms with Crippen molar-refractivity contribution in [3.05, 3.63) is 18.0 Å². The van der Waals surface area contributed by atoms with Gasteiger partial charge in [-0.25, -0.2) is 4.79 Å². The maximum atomic E-state index is 12.7. The van der Waals surface area contributed by atoms with Gasteiger partial charge in [-0.3, -0.25) is 9.48 Å². The van der Waals surface area contributed by atoms with E-state index in [0.29, 0.717) is 18.7 Å². The third-order valence-corrected chi connectivity index (χ3v) is 3.87. The second-order valence-corrected chi connectivity index (χ2v) is 5.24. The third kappa shape index (κ3) is 2.78. The van der Waals surface area contributed by atoms with Gasteiger partial charge in [0.25, 0.3) is 5.91 Å². The summed E-state index contributed by atoms with van der Waals surface area (Å²) in [7, 11) is 4.59. The van der Waals surface area contributed by atoms with E-state index in [0.717, 1.165) is 12.8 Å². The van der Waals surface area contributed by atoms with Gasteiger partial charge in [0, 0.05) is 26.9 Å². The van der Waals surface area contributed by atoms with Crippen LogP contribution in [0.15, 0.2) is 12.3 Å². The van der Waals surface area contributed by atoms with Gasteiger partial charge in [-0.05, 0) is 25.3 Å². The molecule has 7 heteroatoms. The van der Waals surface area contributed by atoms with Crippen LogP contribution in [-0.2, 0) is 21.3 Å². The minimum absolute atomic E-state index is 0.123. The third-order valence-electron chi connectivity index (χ3n) is 3.87. The fourth-order valence-electron chi connectivity index (χ4n) is 2.85. The molecule has 1 aliphatic heterocycles. The van der Waals surface area contributed by atoms with E-state index < -0.39 is 11.5 Å². The maximum absolute atomic E-state index is 12.7. The van der Waals surface area contributed by atoms with Gasteiger partial charge in [-0.15, -0.1) is 0 Å². The summed E-state index contributed by atoms with van der Waals surface area (Å²) in [5.41, 5.74) is -0.736. The number of aryl methyl sites for hydroxylation is 1. The largest absolute Gasteiger partial charge is 0.467 e. The van der Waals surface area contributed by atoms with Crippen LogP contribution in [0.25, 0.3) is 0 Å². The fraction of sp³-hybridized carbons (Fsp3) is 0.643. The maximum Gasteiger partial charge on any atom is 0.334 e. The predicted octanol–water partition coefficient (Wildman–Crippen LogP) is 0.604. The molecule has 1 fully saturated rings. The fourth-order valence-corrected chi connectivity index (χ4v) is 2.85. The quantitative estimate of drug-likeness (QED) is 0.761. The molecule has 0 aromatic carbocycles. The average Bonchev–Trinajstić information content (AvgIpc) is 2.93. The van der Waals surface area contributed by atoms with E-state index in [2.05, 4.69) is 5.10 Å². The first-order valence-electron chi connectivity index (χ1n) is 6.94. The molecule has 2 heterocycles. The minimum Gasteiger partial charge on any atom is -0.467 e. The number of piperidine rings is 1. The molecule has 1 saturated heterocycles. The Balaban J connectivity index is 2.36. The van der Waals surface area contributed by atoms with Crippen LogP contribution in [0.5, 0.6) is 0 Å². The number of nitrogens with zero attached hydrogens (tertiary/aromatic N) is 3. The Labute approximate surface area is 123 Å². The summed E-state index contributed by atoms with van der Waals surface area (Å²) in [6.07, 6.45) is 3.94. The molecule has 0 N–H and O–H groups in total. The summed E-state index contributed by atoms with van der Waals surface area (Å²) in [6, 6.07) is 1.64. The Bertz CT molecular complexity index is 524. The molecular weight excluding hydrogens is 274 g/mol. The smallest absolute Gasteiger partial charge is 0.334 e. The van der Waals surface area contributed by atoms with Gasteiger partial charge in [0.05, 0.1) is 13.7 Å². The first kappa shape index (κ1) is 15.5. The number of hydrogen-bond acceptors (Lipinski definition) is 5. The molecule has 21 heavy (non-hydrogen) atoms. The van der Waals surface area contributed by atoms with Crippen LogP contribution in [0, 0.1) is 0 Å². The molecule has 1 amide bonds. The number of ether oxygens (including phenoxy) is 2. The topological polar surface area (TPSA) is 73.7 Å². The summed E-state index contributed by atoms with van der Waals surface area (Å²) >= 11 is 0. The molecule has 0 spiro atoms. The zero-order valence-corrected chi connectivity index (χ0v) is 12.7. The van der Waals surface area contributed by atoms with Crippen LogP contribution in [-0.4, -0.2) is 59.5 Å². The standard InChI is InChI=1S/C14H21N3O4/c1-16-9-6-11(15-16)12(18)17-8-5-4-7-14(17,10-20-2)13(19)21-3/h6,9H,4-5,7-8,10H2,1-3H3. The molecule has 0 bridgehead atoms. The second kappa shape index (κ2) is 6.26. The van der Waals surface area contributed by atoms with Crippen molar-refractivity contribution in [3.8, 4) is 0 Å². The van der Waals surface area contributed by atoms with E-state index in [1.165, 1.54) is 14.2 Å². The minimum atomic E-state index is -1.06. The first-order chi connectivity index (χ1) is 10.0. The molecule has 1 atom stereocenters. The van der Waals surface area contributed by atoms with Gasteiger partial charge in [-0.2, -0.15) is 5.10 Å². The number of carbonyl (C=O) groups is 2. The molecular formula is C14H21N3O4. The highest BCUT2D eigenvalue weighted by molar-refractivity contribution is 5.97. The predicted molar refractivity (Wildman–Crippen MR) is 74.7 cm³/mol. The lowest BCUT2D eigenvalue weighted by atomic mass is 9.86. The summed E-state index contributed by atoms with van der Waals surface area (Å²) < 4.78 is 11.7. The number of esters is 1. The lowest BCUT2D eigenvalue weighted by Gasteiger charge is -2.44. The van der Waals surface area contributed by atoms with Crippen molar-refractivity contribution in [2.75, 3.05) is 27.4 Å². The molecule has 1 aliphatic rings. The van der Waals surface area contributed by atoms with E-state index in [1.807, 2.05) is 0 Å². The van der Waals surface area contributed by atoms with Gasteiger partial charge in [0.15, 0.2) is 5.54 Å². The first-order valence-corrected chi connectivity index (χ1v) is 6.94. The van der Waals surface area contributed by atoms with Gasteiger partial charge < -0.3 is 14.4 Å². The second-order valence-electron chi connectivity index (χ2n) is 5.24. The Morgan fingerprint density at radius 2 is 2.14 bits per heavy atom. The van der Waals surface area contributed by atoms with Crippen LogP contribution in [0.3, 0.4) is 0 Å². The van der Waals surface area contributed by atoms with E-state index in [1.54, 1.807) is 28.9 Å². The van der Waals surface area contributed by atoms with E-state index in [-0.39, 0.29) is 12.5 Å². The van der Waals surface area contributed by atoms with Crippen LogP contribution in [0.2, 0.25) is 0 Å². The average molecular weight is 295 g/mol. The Kier molecular flexibility index (Phi) is 4.62.